The van der Waals surface area contributed by atoms with E-state index in [1.807, 2.05) is 6.08 Å². The predicted molar refractivity (Wildman–Crippen MR) is 96.5 cm³/mol. The molecule has 0 saturated heterocycles. The maximum absolute atomic E-state index is 10.2. The number of allylic oxidation sites excluding steroid dienone is 1. The summed E-state index contributed by atoms with van der Waals surface area (Å²) >= 11 is 0. The van der Waals surface area contributed by atoms with E-state index in [1.165, 1.54) is 0 Å². The monoisotopic (exact) mass is 324 g/mol. The van der Waals surface area contributed by atoms with Gasteiger partial charge in [0.15, 0.2) is 8.32 Å². The zero-order valence-corrected chi connectivity index (χ0v) is 17.0. The third-order valence-corrected chi connectivity index (χ3v) is 9.77. The summed E-state index contributed by atoms with van der Waals surface area (Å²) in [5.41, 5.74) is 4.33. The number of hydrogen-bond donors (Lipinski definition) is 1. The molecule has 1 aliphatic carbocycles. The molecule has 1 rings (SSSR count). The fraction of sp³-hybridized carbons (Fsp3) is 0.765. The van der Waals surface area contributed by atoms with Gasteiger partial charge in [-0.15, -0.1) is 5.54 Å². The Balaban J connectivity index is 2.92. The molecule has 1 aliphatic rings. The lowest BCUT2D eigenvalue weighted by molar-refractivity contribution is 0.200. The van der Waals surface area contributed by atoms with Crippen LogP contribution in [-0.2, 0) is 4.43 Å². The maximum Gasteiger partial charge on any atom is 0.192 e. The molecule has 0 radical (unpaired) electrons. The molecule has 0 aromatic heterocycles. The molecule has 2 atom stereocenters. The predicted octanol–water partition coefficient (Wildman–Crippen LogP) is 4.34. The van der Waals surface area contributed by atoms with Crippen LogP contribution in [0.2, 0.25) is 37.8 Å². The molecule has 4 heteroatoms. The molecular formula is C17H32O2Si2. The Morgan fingerprint density at radius 1 is 1.14 bits per heavy atom. The topological polar surface area (TPSA) is 29.5 Å². The molecule has 0 aromatic carbocycles. The van der Waals surface area contributed by atoms with E-state index in [1.54, 1.807) is 0 Å². The lowest BCUT2D eigenvalue weighted by Crippen LogP contribution is -2.44. The zero-order valence-electron chi connectivity index (χ0n) is 15.0. The number of aliphatic hydroxyl groups is 1. The van der Waals surface area contributed by atoms with Gasteiger partial charge < -0.3 is 9.53 Å². The van der Waals surface area contributed by atoms with Crippen LogP contribution in [0.15, 0.2) is 11.6 Å². The van der Waals surface area contributed by atoms with E-state index in [0.29, 0.717) is 0 Å². The van der Waals surface area contributed by atoms with Crippen LogP contribution in [0.3, 0.4) is 0 Å². The Morgan fingerprint density at radius 2 is 1.71 bits per heavy atom. The van der Waals surface area contributed by atoms with Crippen LogP contribution in [0, 0.1) is 11.5 Å². The highest BCUT2D eigenvalue weighted by molar-refractivity contribution is 6.83. The third kappa shape index (κ3) is 5.41. The molecule has 21 heavy (non-hydrogen) atoms. The molecule has 0 aliphatic heterocycles. The minimum atomic E-state index is -1.81. The molecule has 0 spiro atoms. The second-order valence-electron chi connectivity index (χ2n) is 8.62. The van der Waals surface area contributed by atoms with Crippen LogP contribution in [0.4, 0.5) is 0 Å². The first-order chi connectivity index (χ1) is 9.33. The van der Waals surface area contributed by atoms with E-state index in [2.05, 4.69) is 65.0 Å². The average molecular weight is 325 g/mol. The highest BCUT2D eigenvalue weighted by atomic mass is 28.4. The Kier molecular flexibility index (Phi) is 5.71. The average Bonchev–Trinajstić information content (AvgIpc) is 2.57. The molecule has 0 heterocycles. The molecule has 1 fully saturated rings. The Bertz CT molecular complexity index is 456. The van der Waals surface area contributed by atoms with E-state index in [-0.39, 0.29) is 17.2 Å². The summed E-state index contributed by atoms with van der Waals surface area (Å²) in [7, 11) is -3.18. The van der Waals surface area contributed by atoms with Gasteiger partial charge in [0.2, 0.25) is 0 Å². The first kappa shape index (κ1) is 18.7. The summed E-state index contributed by atoms with van der Waals surface area (Å²) in [6, 6.07) is 0. The van der Waals surface area contributed by atoms with Gasteiger partial charge in [0.05, 0.1) is 12.2 Å². The van der Waals surface area contributed by atoms with Crippen molar-refractivity contribution in [2.45, 2.75) is 83.6 Å². The maximum atomic E-state index is 10.2. The van der Waals surface area contributed by atoms with Crippen molar-refractivity contribution in [2.24, 2.45) is 0 Å². The van der Waals surface area contributed by atoms with Crippen molar-refractivity contribution in [3.63, 3.8) is 0 Å². The van der Waals surface area contributed by atoms with Gasteiger partial charge in [0.1, 0.15) is 8.07 Å². The van der Waals surface area contributed by atoms with Gasteiger partial charge in [0, 0.05) is 0 Å². The summed E-state index contributed by atoms with van der Waals surface area (Å²) in [5.74, 6) is 3.18. The smallest absolute Gasteiger partial charge is 0.192 e. The lowest BCUT2D eigenvalue weighted by atomic mass is 10.1. The quantitative estimate of drug-likeness (QED) is 0.605. The molecule has 120 valence electrons. The summed E-state index contributed by atoms with van der Waals surface area (Å²) < 4.78 is 6.48. The van der Waals surface area contributed by atoms with Gasteiger partial charge in [-0.3, -0.25) is 0 Å². The van der Waals surface area contributed by atoms with Gasteiger partial charge >= 0.3 is 0 Å². The molecule has 1 saturated carbocycles. The minimum Gasteiger partial charge on any atom is -0.410 e. The van der Waals surface area contributed by atoms with Crippen LogP contribution in [0.5, 0.6) is 0 Å². The number of aliphatic hydroxyl groups excluding tert-OH is 1. The summed E-state index contributed by atoms with van der Waals surface area (Å²) in [4.78, 5) is 0. The molecule has 1 N–H and O–H groups in total. The highest BCUT2D eigenvalue weighted by Gasteiger charge is 2.42. The van der Waals surface area contributed by atoms with Crippen molar-refractivity contribution in [3.8, 4) is 11.5 Å². The van der Waals surface area contributed by atoms with Gasteiger partial charge in [-0.25, -0.2) is 0 Å². The Hall–Kier alpha value is -0.346. The zero-order chi connectivity index (χ0) is 16.5. The summed E-state index contributed by atoms with van der Waals surface area (Å²) in [5, 5.41) is 10.4. The van der Waals surface area contributed by atoms with Gasteiger partial charge in [-0.1, -0.05) is 46.3 Å². The minimum absolute atomic E-state index is 0.0526. The van der Waals surface area contributed by atoms with Crippen LogP contribution >= 0.6 is 0 Å². The number of hydrogen-bond acceptors (Lipinski definition) is 2. The Morgan fingerprint density at radius 3 is 2.19 bits per heavy atom. The normalized spacial score (nSPS) is 25.9. The second-order valence-corrected chi connectivity index (χ2v) is 18.1. The molecule has 2 nitrogen and oxygen atoms in total. The number of rotatable bonds is 2. The van der Waals surface area contributed by atoms with E-state index >= 15 is 0 Å². The van der Waals surface area contributed by atoms with E-state index in [0.717, 1.165) is 18.4 Å². The van der Waals surface area contributed by atoms with Crippen molar-refractivity contribution in [2.75, 3.05) is 0 Å². The molecule has 0 aromatic rings. The standard InChI is InChI=1S/C17H32O2Si2/c1-17(2,3)21(7,8)19-16-12-11-15(18)14(16)10-9-13-20(4,5)6/h10,15-16,18H,11-12H2,1-8H3/b14-10+/t15-,16+/m0/s1. The highest BCUT2D eigenvalue weighted by Crippen LogP contribution is 2.40. The third-order valence-electron chi connectivity index (χ3n) is 4.39. The summed E-state index contributed by atoms with van der Waals surface area (Å²) in [6.45, 7) is 18.0. The molecule has 0 amide bonds. The SMILES string of the molecule is CC(C)(C)[Si](C)(C)O[C@@H]1CC[C@H](O)/C1=C\C#C[Si](C)(C)C. The van der Waals surface area contributed by atoms with Crippen molar-refractivity contribution in [1.82, 2.24) is 0 Å². The van der Waals surface area contributed by atoms with Crippen LogP contribution in [0.25, 0.3) is 0 Å². The molecule has 0 bridgehead atoms. The first-order valence-corrected chi connectivity index (χ1v) is 14.3. The van der Waals surface area contributed by atoms with Crippen molar-refractivity contribution in [3.05, 3.63) is 11.6 Å². The van der Waals surface area contributed by atoms with Crippen LogP contribution in [-0.4, -0.2) is 33.7 Å². The van der Waals surface area contributed by atoms with Crippen molar-refractivity contribution in [1.29, 1.82) is 0 Å². The van der Waals surface area contributed by atoms with Crippen LogP contribution < -0.4 is 0 Å². The van der Waals surface area contributed by atoms with Gasteiger partial charge in [-0.05, 0) is 42.6 Å². The second kappa shape index (κ2) is 6.41. The molecular weight excluding hydrogens is 292 g/mol. The lowest BCUT2D eigenvalue weighted by Gasteiger charge is -2.38. The fourth-order valence-electron chi connectivity index (χ4n) is 2.04. The van der Waals surface area contributed by atoms with Gasteiger partial charge in [0.25, 0.3) is 0 Å². The van der Waals surface area contributed by atoms with Gasteiger partial charge in [-0.2, -0.15) is 0 Å². The Labute approximate surface area is 133 Å². The largest absolute Gasteiger partial charge is 0.410 e. The van der Waals surface area contributed by atoms with Crippen molar-refractivity contribution >= 4 is 16.4 Å². The van der Waals surface area contributed by atoms with E-state index in [4.69, 9.17) is 4.43 Å². The van der Waals surface area contributed by atoms with E-state index in [9.17, 15) is 5.11 Å². The fourth-order valence-corrected chi connectivity index (χ4v) is 3.87. The molecule has 0 unspecified atom stereocenters. The first-order valence-electron chi connectivity index (χ1n) is 7.92. The van der Waals surface area contributed by atoms with Crippen molar-refractivity contribution < 1.29 is 9.53 Å². The van der Waals surface area contributed by atoms with Crippen LogP contribution in [0.1, 0.15) is 33.6 Å². The summed E-state index contributed by atoms with van der Waals surface area (Å²) in [6.07, 6.45) is 3.30. The van der Waals surface area contributed by atoms with E-state index < -0.39 is 16.4 Å².